The summed E-state index contributed by atoms with van der Waals surface area (Å²) in [6, 6.07) is 0. The summed E-state index contributed by atoms with van der Waals surface area (Å²) in [5.74, 6) is 1.66. The zero-order valence-electron chi connectivity index (χ0n) is 11.6. The first-order valence-corrected chi connectivity index (χ1v) is 6.47. The van der Waals surface area contributed by atoms with Gasteiger partial charge in [0.25, 0.3) is 0 Å². The third-order valence-corrected chi connectivity index (χ3v) is 3.04. The third-order valence-electron chi connectivity index (χ3n) is 3.04. The van der Waals surface area contributed by atoms with Gasteiger partial charge in [-0.2, -0.15) is 0 Å². The van der Waals surface area contributed by atoms with E-state index in [4.69, 9.17) is 0 Å². The summed E-state index contributed by atoms with van der Waals surface area (Å²) in [5, 5.41) is 0. The number of allylic oxidation sites excluding steroid dienone is 3. The molecule has 0 heteroatoms. The van der Waals surface area contributed by atoms with E-state index in [1.165, 1.54) is 24.8 Å². The first-order chi connectivity index (χ1) is 7.19. The van der Waals surface area contributed by atoms with Gasteiger partial charge in [-0.05, 0) is 25.2 Å². The number of rotatable bonds is 6. The lowest BCUT2D eigenvalue weighted by molar-refractivity contribution is 0.336. The van der Waals surface area contributed by atoms with E-state index in [-0.39, 0.29) is 0 Å². The Balaban J connectivity index is 0. The molecule has 0 saturated heterocycles. The maximum Gasteiger partial charge on any atom is -0.0254 e. The quantitative estimate of drug-likeness (QED) is 0.500. The van der Waals surface area contributed by atoms with Gasteiger partial charge in [-0.1, -0.05) is 71.8 Å². The molecule has 0 aromatic rings. The van der Waals surface area contributed by atoms with Crippen molar-refractivity contribution >= 4 is 0 Å². The lowest BCUT2D eigenvalue weighted by Crippen LogP contribution is -2.10. The Morgan fingerprint density at radius 1 is 1.20 bits per heavy atom. The molecule has 0 nitrogen and oxygen atoms in total. The molecule has 0 aliphatic rings. The zero-order valence-corrected chi connectivity index (χ0v) is 11.6. The van der Waals surface area contributed by atoms with Gasteiger partial charge in [0.05, 0.1) is 0 Å². The van der Waals surface area contributed by atoms with E-state index in [2.05, 4.69) is 40.3 Å². The van der Waals surface area contributed by atoms with Crippen LogP contribution in [-0.2, 0) is 0 Å². The molecular formula is C15H30. The van der Waals surface area contributed by atoms with Gasteiger partial charge in [0.2, 0.25) is 0 Å². The molecule has 0 radical (unpaired) electrons. The van der Waals surface area contributed by atoms with Gasteiger partial charge in [0.1, 0.15) is 0 Å². The SMILES string of the molecule is C=C/C(=C\C)CC(C)C(CC)CC.CC. The minimum Gasteiger partial charge on any atom is -0.0988 e. The van der Waals surface area contributed by atoms with Crippen LogP contribution in [0.15, 0.2) is 24.3 Å². The highest BCUT2D eigenvalue weighted by molar-refractivity contribution is 5.15. The van der Waals surface area contributed by atoms with E-state index >= 15 is 0 Å². The highest BCUT2D eigenvalue weighted by atomic mass is 14.2. The fraction of sp³-hybridized carbons (Fsp3) is 0.733. The summed E-state index contributed by atoms with van der Waals surface area (Å²) in [6.45, 7) is 16.8. The molecular weight excluding hydrogens is 180 g/mol. The molecule has 0 amide bonds. The largest absolute Gasteiger partial charge is 0.0988 e. The molecule has 0 aromatic heterocycles. The van der Waals surface area contributed by atoms with Crippen molar-refractivity contribution in [2.45, 2.75) is 60.8 Å². The second-order valence-electron chi connectivity index (χ2n) is 3.83. The predicted octanol–water partition coefficient (Wildman–Crippen LogP) is 5.61. The van der Waals surface area contributed by atoms with Crippen LogP contribution < -0.4 is 0 Å². The predicted molar refractivity (Wildman–Crippen MR) is 73.2 cm³/mol. The maximum atomic E-state index is 3.83. The number of hydrogen-bond donors (Lipinski definition) is 0. The van der Waals surface area contributed by atoms with Crippen LogP contribution in [0.3, 0.4) is 0 Å². The van der Waals surface area contributed by atoms with Gasteiger partial charge in [0, 0.05) is 0 Å². The Bertz CT molecular complexity index is 161. The number of hydrogen-bond acceptors (Lipinski definition) is 0. The van der Waals surface area contributed by atoms with Crippen molar-refractivity contribution in [1.29, 1.82) is 0 Å². The monoisotopic (exact) mass is 210 g/mol. The van der Waals surface area contributed by atoms with E-state index in [0.29, 0.717) is 0 Å². The van der Waals surface area contributed by atoms with Crippen LogP contribution in [0.5, 0.6) is 0 Å². The summed E-state index contributed by atoms with van der Waals surface area (Å²) in [4.78, 5) is 0. The van der Waals surface area contributed by atoms with E-state index in [1.54, 1.807) is 0 Å². The molecule has 0 spiro atoms. The molecule has 1 unspecified atom stereocenters. The molecule has 0 rings (SSSR count). The average molecular weight is 210 g/mol. The van der Waals surface area contributed by atoms with E-state index in [1.807, 2.05) is 19.9 Å². The van der Waals surface area contributed by atoms with Gasteiger partial charge in [-0.25, -0.2) is 0 Å². The molecule has 0 aliphatic carbocycles. The summed E-state index contributed by atoms with van der Waals surface area (Å²) in [6.07, 6.45) is 7.94. The van der Waals surface area contributed by atoms with Crippen LogP contribution in [0.1, 0.15) is 60.8 Å². The summed E-state index contributed by atoms with van der Waals surface area (Å²) in [5.41, 5.74) is 1.39. The minimum absolute atomic E-state index is 0.791. The lowest BCUT2D eigenvalue weighted by Gasteiger charge is -2.21. The Hall–Kier alpha value is -0.520. The smallest absolute Gasteiger partial charge is 0.0254 e. The fourth-order valence-electron chi connectivity index (χ4n) is 1.95. The average Bonchev–Trinajstić information content (AvgIpc) is 2.30. The lowest BCUT2D eigenvalue weighted by atomic mass is 9.85. The Morgan fingerprint density at radius 3 is 1.93 bits per heavy atom. The second kappa shape index (κ2) is 11.6. The van der Waals surface area contributed by atoms with Gasteiger partial charge >= 0.3 is 0 Å². The Kier molecular flexibility index (Phi) is 13.0. The molecule has 0 aromatic carbocycles. The molecule has 0 saturated carbocycles. The van der Waals surface area contributed by atoms with Crippen LogP contribution in [0, 0.1) is 11.8 Å². The van der Waals surface area contributed by atoms with Crippen LogP contribution in [0.4, 0.5) is 0 Å². The van der Waals surface area contributed by atoms with E-state index in [0.717, 1.165) is 11.8 Å². The van der Waals surface area contributed by atoms with Crippen LogP contribution in [0.25, 0.3) is 0 Å². The van der Waals surface area contributed by atoms with Crippen molar-refractivity contribution in [3.05, 3.63) is 24.3 Å². The molecule has 15 heavy (non-hydrogen) atoms. The van der Waals surface area contributed by atoms with Crippen molar-refractivity contribution in [1.82, 2.24) is 0 Å². The first-order valence-electron chi connectivity index (χ1n) is 6.47. The fourth-order valence-corrected chi connectivity index (χ4v) is 1.95. The van der Waals surface area contributed by atoms with Crippen molar-refractivity contribution in [3.63, 3.8) is 0 Å². The zero-order chi connectivity index (χ0) is 12.3. The Morgan fingerprint density at radius 2 is 1.67 bits per heavy atom. The highest BCUT2D eigenvalue weighted by Gasteiger charge is 2.13. The molecule has 90 valence electrons. The van der Waals surface area contributed by atoms with Crippen LogP contribution in [0.2, 0.25) is 0 Å². The highest BCUT2D eigenvalue weighted by Crippen LogP contribution is 2.25. The van der Waals surface area contributed by atoms with Crippen molar-refractivity contribution in [3.8, 4) is 0 Å². The standard InChI is InChI=1S/C13H24.C2H6/c1-6-12(7-2)10-11(5)13(8-3)9-4;1-2/h6-7,11,13H,1,8-10H2,2-5H3;1-2H3/b12-7+;. The summed E-state index contributed by atoms with van der Waals surface area (Å²) in [7, 11) is 0. The minimum atomic E-state index is 0.791. The van der Waals surface area contributed by atoms with Crippen molar-refractivity contribution < 1.29 is 0 Å². The molecule has 0 aliphatic heterocycles. The maximum absolute atomic E-state index is 3.83. The summed E-state index contributed by atoms with van der Waals surface area (Å²) < 4.78 is 0. The molecule has 1 atom stereocenters. The van der Waals surface area contributed by atoms with E-state index < -0.39 is 0 Å². The molecule has 0 heterocycles. The molecule has 0 N–H and O–H groups in total. The van der Waals surface area contributed by atoms with Gasteiger partial charge < -0.3 is 0 Å². The van der Waals surface area contributed by atoms with Gasteiger partial charge in [-0.15, -0.1) is 0 Å². The second-order valence-corrected chi connectivity index (χ2v) is 3.83. The molecule has 0 bridgehead atoms. The van der Waals surface area contributed by atoms with Crippen molar-refractivity contribution in [2.75, 3.05) is 0 Å². The molecule has 0 fully saturated rings. The first kappa shape index (κ1) is 16.9. The Labute approximate surface area is 97.5 Å². The van der Waals surface area contributed by atoms with Crippen LogP contribution in [-0.4, -0.2) is 0 Å². The normalized spacial score (nSPS) is 13.1. The third kappa shape index (κ3) is 7.41. The van der Waals surface area contributed by atoms with Gasteiger partial charge in [0.15, 0.2) is 0 Å². The topological polar surface area (TPSA) is 0 Å². The van der Waals surface area contributed by atoms with Crippen LogP contribution >= 0.6 is 0 Å². The van der Waals surface area contributed by atoms with Crippen molar-refractivity contribution in [2.24, 2.45) is 11.8 Å². The van der Waals surface area contributed by atoms with Gasteiger partial charge in [-0.3, -0.25) is 0 Å². The summed E-state index contributed by atoms with van der Waals surface area (Å²) >= 11 is 0. The van der Waals surface area contributed by atoms with E-state index in [9.17, 15) is 0 Å².